The average molecular weight is 268 g/mol. The molecule has 18 heavy (non-hydrogen) atoms. The molecule has 0 radical (unpaired) electrons. The molecule has 1 aliphatic heterocycles. The van der Waals surface area contributed by atoms with Crippen LogP contribution in [0.4, 0.5) is 5.69 Å². The van der Waals surface area contributed by atoms with E-state index in [0.29, 0.717) is 13.1 Å². The normalized spacial score (nSPS) is 18.8. The number of nitrogens with one attached hydrogen (secondary N) is 1. The van der Waals surface area contributed by atoms with Gasteiger partial charge in [0.15, 0.2) is 0 Å². The number of hydrogen-bond donors (Lipinski definition) is 1. The summed E-state index contributed by atoms with van der Waals surface area (Å²) in [5, 5.41) is 3.25. The highest BCUT2D eigenvalue weighted by Crippen LogP contribution is 2.26. The van der Waals surface area contributed by atoms with Gasteiger partial charge in [0.05, 0.1) is 11.4 Å². The lowest BCUT2D eigenvalue weighted by Crippen LogP contribution is -2.38. The molecule has 1 aromatic rings. The molecule has 0 aromatic heterocycles. The Morgan fingerprint density at radius 3 is 2.78 bits per heavy atom. The molecule has 0 aliphatic carbocycles. The van der Waals surface area contributed by atoms with Gasteiger partial charge in [-0.2, -0.15) is 0 Å². The van der Waals surface area contributed by atoms with Gasteiger partial charge in [-0.1, -0.05) is 25.1 Å². The zero-order valence-electron chi connectivity index (χ0n) is 10.7. The highest BCUT2D eigenvalue weighted by molar-refractivity contribution is 7.92. The number of benzene rings is 1. The van der Waals surface area contributed by atoms with Crippen molar-refractivity contribution in [1.82, 2.24) is 5.32 Å². The fraction of sp³-hybridized carbons (Fsp3) is 0.538. The van der Waals surface area contributed by atoms with Crippen LogP contribution in [0.5, 0.6) is 0 Å². The molecule has 0 spiro atoms. The SMILES string of the molecule is CCNCc1ccccc1N1CCCCS1(=O)=O. The van der Waals surface area contributed by atoms with Gasteiger partial charge in [0.2, 0.25) is 10.0 Å². The fourth-order valence-corrected chi connectivity index (χ4v) is 3.90. The fourth-order valence-electron chi connectivity index (χ4n) is 2.22. The van der Waals surface area contributed by atoms with E-state index >= 15 is 0 Å². The van der Waals surface area contributed by atoms with Crippen molar-refractivity contribution in [3.8, 4) is 0 Å². The van der Waals surface area contributed by atoms with Gasteiger partial charge in [0.25, 0.3) is 0 Å². The molecule has 1 aliphatic rings. The summed E-state index contributed by atoms with van der Waals surface area (Å²) in [6.45, 7) is 4.23. The first-order chi connectivity index (χ1) is 8.65. The van der Waals surface area contributed by atoms with Crippen molar-refractivity contribution in [3.05, 3.63) is 29.8 Å². The van der Waals surface area contributed by atoms with Crippen LogP contribution in [0, 0.1) is 0 Å². The third kappa shape index (κ3) is 2.84. The Bertz CT molecular complexity index is 499. The third-order valence-electron chi connectivity index (χ3n) is 3.18. The first-order valence-electron chi connectivity index (χ1n) is 6.44. The smallest absolute Gasteiger partial charge is 0.235 e. The van der Waals surface area contributed by atoms with Crippen molar-refractivity contribution in [2.75, 3.05) is 23.1 Å². The standard InChI is InChI=1S/C13H20N2O2S/c1-2-14-11-12-7-3-4-8-13(12)15-9-5-6-10-18(15,16)17/h3-4,7-8,14H,2,5-6,9-11H2,1H3. The van der Waals surface area contributed by atoms with E-state index in [4.69, 9.17) is 0 Å². The minimum atomic E-state index is -3.12. The molecule has 1 fully saturated rings. The maximum absolute atomic E-state index is 12.1. The van der Waals surface area contributed by atoms with E-state index in [9.17, 15) is 8.42 Å². The van der Waals surface area contributed by atoms with Crippen molar-refractivity contribution < 1.29 is 8.42 Å². The molecule has 1 heterocycles. The Morgan fingerprint density at radius 2 is 2.06 bits per heavy atom. The van der Waals surface area contributed by atoms with Crippen LogP contribution >= 0.6 is 0 Å². The topological polar surface area (TPSA) is 49.4 Å². The number of para-hydroxylation sites is 1. The average Bonchev–Trinajstić information content (AvgIpc) is 2.36. The third-order valence-corrected chi connectivity index (χ3v) is 5.03. The quantitative estimate of drug-likeness (QED) is 0.904. The minimum Gasteiger partial charge on any atom is -0.313 e. The lowest BCUT2D eigenvalue weighted by atomic mass is 10.1. The van der Waals surface area contributed by atoms with E-state index in [-0.39, 0.29) is 5.75 Å². The summed E-state index contributed by atoms with van der Waals surface area (Å²) in [5.74, 6) is 0.266. The molecule has 0 bridgehead atoms. The number of nitrogens with zero attached hydrogens (tertiary/aromatic N) is 1. The van der Waals surface area contributed by atoms with Crippen molar-refractivity contribution in [2.45, 2.75) is 26.3 Å². The van der Waals surface area contributed by atoms with E-state index in [1.807, 2.05) is 31.2 Å². The molecule has 0 saturated carbocycles. The molecule has 4 nitrogen and oxygen atoms in total. The second-order valence-corrected chi connectivity index (χ2v) is 6.52. The predicted molar refractivity (Wildman–Crippen MR) is 74.2 cm³/mol. The van der Waals surface area contributed by atoms with Gasteiger partial charge >= 0.3 is 0 Å². The number of sulfonamides is 1. The largest absolute Gasteiger partial charge is 0.313 e. The summed E-state index contributed by atoms with van der Waals surface area (Å²) < 4.78 is 25.8. The summed E-state index contributed by atoms with van der Waals surface area (Å²) in [6.07, 6.45) is 1.71. The van der Waals surface area contributed by atoms with Crippen molar-refractivity contribution >= 4 is 15.7 Å². The van der Waals surface area contributed by atoms with Gasteiger partial charge in [-0.15, -0.1) is 0 Å². The Morgan fingerprint density at radius 1 is 1.28 bits per heavy atom. The van der Waals surface area contributed by atoms with Crippen molar-refractivity contribution in [1.29, 1.82) is 0 Å². The van der Waals surface area contributed by atoms with E-state index < -0.39 is 10.0 Å². The Kier molecular flexibility index (Phi) is 4.24. The maximum Gasteiger partial charge on any atom is 0.235 e. The van der Waals surface area contributed by atoms with Gasteiger partial charge < -0.3 is 5.32 Å². The van der Waals surface area contributed by atoms with E-state index in [1.165, 1.54) is 0 Å². The predicted octanol–water partition coefficient (Wildman–Crippen LogP) is 1.73. The molecular weight excluding hydrogens is 248 g/mol. The number of hydrogen-bond acceptors (Lipinski definition) is 3. The molecular formula is C13H20N2O2S. The lowest BCUT2D eigenvalue weighted by Gasteiger charge is -2.30. The van der Waals surface area contributed by atoms with Crippen LogP contribution in [0.25, 0.3) is 0 Å². The van der Waals surface area contributed by atoms with Crippen LogP contribution in [-0.2, 0) is 16.6 Å². The van der Waals surface area contributed by atoms with Crippen LogP contribution < -0.4 is 9.62 Å². The van der Waals surface area contributed by atoms with Crippen LogP contribution in [0.3, 0.4) is 0 Å². The molecule has 1 N–H and O–H groups in total. The summed E-state index contributed by atoms with van der Waals surface area (Å²) in [5.41, 5.74) is 1.88. The highest BCUT2D eigenvalue weighted by Gasteiger charge is 2.27. The van der Waals surface area contributed by atoms with Crippen LogP contribution in [0.1, 0.15) is 25.3 Å². The Labute approximate surface area is 109 Å². The van der Waals surface area contributed by atoms with E-state index in [1.54, 1.807) is 4.31 Å². The summed E-state index contributed by atoms with van der Waals surface area (Å²) in [4.78, 5) is 0. The Hall–Kier alpha value is -1.07. The lowest BCUT2D eigenvalue weighted by molar-refractivity contribution is 0.574. The molecule has 5 heteroatoms. The van der Waals surface area contributed by atoms with Gasteiger partial charge in [-0.3, -0.25) is 4.31 Å². The van der Waals surface area contributed by atoms with E-state index in [2.05, 4.69) is 5.32 Å². The van der Waals surface area contributed by atoms with Crippen LogP contribution in [0.2, 0.25) is 0 Å². The van der Waals surface area contributed by atoms with E-state index in [0.717, 1.165) is 30.6 Å². The summed E-state index contributed by atoms with van der Waals surface area (Å²) >= 11 is 0. The Balaban J connectivity index is 2.31. The molecule has 100 valence electrons. The molecule has 0 unspecified atom stereocenters. The van der Waals surface area contributed by atoms with Gasteiger partial charge in [0.1, 0.15) is 0 Å². The first-order valence-corrected chi connectivity index (χ1v) is 8.05. The van der Waals surface area contributed by atoms with Crippen molar-refractivity contribution in [3.63, 3.8) is 0 Å². The first kappa shape index (κ1) is 13.4. The zero-order chi connectivity index (χ0) is 13.0. The summed E-state index contributed by atoms with van der Waals surface area (Å²) in [6, 6.07) is 7.74. The zero-order valence-corrected chi connectivity index (χ0v) is 11.5. The maximum atomic E-state index is 12.1. The van der Waals surface area contributed by atoms with Gasteiger partial charge in [-0.05, 0) is 31.0 Å². The number of anilines is 1. The molecule has 0 amide bonds. The second-order valence-electron chi connectivity index (χ2n) is 4.50. The van der Waals surface area contributed by atoms with Gasteiger partial charge in [-0.25, -0.2) is 8.42 Å². The van der Waals surface area contributed by atoms with Gasteiger partial charge in [0, 0.05) is 13.1 Å². The van der Waals surface area contributed by atoms with Crippen molar-refractivity contribution in [2.24, 2.45) is 0 Å². The molecule has 1 saturated heterocycles. The minimum absolute atomic E-state index is 0.266. The molecule has 1 aromatic carbocycles. The molecule has 2 rings (SSSR count). The van der Waals surface area contributed by atoms with Crippen LogP contribution in [0.15, 0.2) is 24.3 Å². The molecule has 0 atom stereocenters. The monoisotopic (exact) mass is 268 g/mol. The second kappa shape index (κ2) is 5.71. The highest BCUT2D eigenvalue weighted by atomic mass is 32.2. The summed E-state index contributed by atoms with van der Waals surface area (Å²) in [7, 11) is -3.12. The van der Waals surface area contributed by atoms with Crippen LogP contribution in [-0.4, -0.2) is 27.3 Å². The number of rotatable bonds is 4.